The number of hydrogen-bond donors (Lipinski definition) is 0. The molecule has 102 valence electrons. The third kappa shape index (κ3) is 2.00. The number of carbonyl (C=O) groups excluding carboxylic acids is 1. The molecule has 0 saturated carbocycles. The second-order valence-corrected chi connectivity index (χ2v) is 5.07. The quantitative estimate of drug-likeness (QED) is 0.780. The number of hydrogen-bond acceptors (Lipinski definition) is 4. The van der Waals surface area contributed by atoms with E-state index in [1.807, 2.05) is 19.1 Å². The molecule has 0 radical (unpaired) electrons. The van der Waals surface area contributed by atoms with Crippen molar-refractivity contribution in [3.8, 4) is 5.75 Å². The highest BCUT2D eigenvalue weighted by atomic mass is 16.6. The smallest absolute Gasteiger partial charge is 0.321 e. The van der Waals surface area contributed by atoms with Gasteiger partial charge in [-0.15, -0.1) is 0 Å². The maximum absolute atomic E-state index is 12.2. The molecule has 0 bridgehead atoms. The third-order valence-corrected chi connectivity index (χ3v) is 3.82. The van der Waals surface area contributed by atoms with E-state index >= 15 is 0 Å². The summed E-state index contributed by atoms with van der Waals surface area (Å²) in [5, 5.41) is 0. The number of ether oxygens (including phenoxy) is 3. The van der Waals surface area contributed by atoms with E-state index in [0.717, 1.165) is 30.8 Å². The Morgan fingerprint density at radius 1 is 1.42 bits per heavy atom. The number of benzene rings is 1. The number of carbonyl (C=O) groups is 1. The van der Waals surface area contributed by atoms with Crippen LogP contribution in [0.15, 0.2) is 18.2 Å². The van der Waals surface area contributed by atoms with Crippen LogP contribution in [-0.4, -0.2) is 32.4 Å². The van der Waals surface area contributed by atoms with E-state index in [9.17, 15) is 4.79 Å². The van der Waals surface area contributed by atoms with E-state index in [1.165, 1.54) is 5.56 Å². The molecule has 1 saturated heterocycles. The molecular formula is C15H18O4. The fourth-order valence-corrected chi connectivity index (χ4v) is 2.64. The SMILES string of the molecule is CCOC(=O)C1(c2ccc3c(c2)CCCO3)COC1. The Balaban J connectivity index is 1.93. The predicted octanol–water partition coefficient (Wildman–Crippen LogP) is 1.84. The van der Waals surface area contributed by atoms with Crippen molar-refractivity contribution in [3.63, 3.8) is 0 Å². The molecule has 0 N–H and O–H groups in total. The standard InChI is InChI=1S/C15H18O4/c1-2-18-14(16)15(9-17-10-15)12-5-6-13-11(8-12)4-3-7-19-13/h5-6,8H,2-4,7,9-10H2,1H3. The molecule has 4 heteroatoms. The minimum absolute atomic E-state index is 0.182. The summed E-state index contributed by atoms with van der Waals surface area (Å²) in [4.78, 5) is 12.2. The van der Waals surface area contributed by atoms with Gasteiger partial charge in [0, 0.05) is 0 Å². The molecule has 2 aliphatic heterocycles. The van der Waals surface area contributed by atoms with Crippen molar-refractivity contribution in [2.24, 2.45) is 0 Å². The number of fused-ring (bicyclic) bond motifs is 1. The van der Waals surface area contributed by atoms with Gasteiger partial charge in [-0.05, 0) is 37.0 Å². The summed E-state index contributed by atoms with van der Waals surface area (Å²) >= 11 is 0. The van der Waals surface area contributed by atoms with Crippen LogP contribution in [0.5, 0.6) is 5.75 Å². The Bertz CT molecular complexity index is 491. The van der Waals surface area contributed by atoms with Crippen molar-refractivity contribution in [2.75, 3.05) is 26.4 Å². The van der Waals surface area contributed by atoms with Crippen LogP contribution in [0.25, 0.3) is 0 Å². The molecule has 0 unspecified atom stereocenters. The van der Waals surface area contributed by atoms with E-state index in [4.69, 9.17) is 14.2 Å². The summed E-state index contributed by atoms with van der Waals surface area (Å²) in [5.74, 6) is 0.757. The van der Waals surface area contributed by atoms with Gasteiger partial charge in [-0.3, -0.25) is 4.79 Å². The summed E-state index contributed by atoms with van der Waals surface area (Å²) in [6.45, 7) is 3.82. The van der Waals surface area contributed by atoms with E-state index in [2.05, 4.69) is 6.07 Å². The highest BCUT2D eigenvalue weighted by Crippen LogP contribution is 2.37. The number of esters is 1. The average molecular weight is 262 g/mol. The van der Waals surface area contributed by atoms with Crippen molar-refractivity contribution < 1.29 is 19.0 Å². The van der Waals surface area contributed by atoms with Gasteiger partial charge in [-0.25, -0.2) is 0 Å². The maximum Gasteiger partial charge on any atom is 0.321 e. The first-order chi connectivity index (χ1) is 9.26. The zero-order valence-corrected chi connectivity index (χ0v) is 11.1. The highest BCUT2D eigenvalue weighted by Gasteiger charge is 2.49. The molecule has 2 aliphatic rings. The molecule has 4 nitrogen and oxygen atoms in total. The summed E-state index contributed by atoms with van der Waals surface area (Å²) in [7, 11) is 0. The Kier molecular flexibility index (Phi) is 3.19. The molecule has 0 aromatic heterocycles. The van der Waals surface area contributed by atoms with Crippen molar-refractivity contribution >= 4 is 5.97 Å². The molecule has 3 rings (SSSR count). The van der Waals surface area contributed by atoms with E-state index in [1.54, 1.807) is 0 Å². The van der Waals surface area contributed by atoms with Crippen LogP contribution in [0.1, 0.15) is 24.5 Å². The van der Waals surface area contributed by atoms with Crippen LogP contribution in [0.3, 0.4) is 0 Å². The molecule has 2 heterocycles. The first-order valence-electron chi connectivity index (χ1n) is 6.77. The monoisotopic (exact) mass is 262 g/mol. The largest absolute Gasteiger partial charge is 0.493 e. The molecule has 0 spiro atoms. The van der Waals surface area contributed by atoms with Crippen LogP contribution in [-0.2, 0) is 26.1 Å². The average Bonchev–Trinajstić information content (AvgIpc) is 2.38. The van der Waals surface area contributed by atoms with E-state index < -0.39 is 5.41 Å². The molecule has 0 aliphatic carbocycles. The van der Waals surface area contributed by atoms with Crippen molar-refractivity contribution in [2.45, 2.75) is 25.2 Å². The van der Waals surface area contributed by atoms with Gasteiger partial charge >= 0.3 is 5.97 Å². The Morgan fingerprint density at radius 2 is 2.26 bits per heavy atom. The first kappa shape index (κ1) is 12.5. The molecular weight excluding hydrogens is 244 g/mol. The predicted molar refractivity (Wildman–Crippen MR) is 69.4 cm³/mol. The molecule has 0 amide bonds. The van der Waals surface area contributed by atoms with Crippen LogP contribution >= 0.6 is 0 Å². The third-order valence-electron chi connectivity index (χ3n) is 3.82. The Hall–Kier alpha value is -1.55. The topological polar surface area (TPSA) is 44.8 Å². The van der Waals surface area contributed by atoms with Gasteiger partial charge in [0.15, 0.2) is 0 Å². The fourth-order valence-electron chi connectivity index (χ4n) is 2.64. The van der Waals surface area contributed by atoms with Gasteiger partial charge in [0.2, 0.25) is 0 Å². The maximum atomic E-state index is 12.2. The zero-order valence-electron chi connectivity index (χ0n) is 11.1. The fraction of sp³-hybridized carbons (Fsp3) is 0.533. The summed E-state index contributed by atoms with van der Waals surface area (Å²) in [5.41, 5.74) is 1.56. The minimum Gasteiger partial charge on any atom is -0.493 e. The number of aryl methyl sites for hydroxylation is 1. The lowest BCUT2D eigenvalue weighted by Gasteiger charge is -2.39. The molecule has 0 atom stereocenters. The Morgan fingerprint density at radius 3 is 2.95 bits per heavy atom. The lowest BCUT2D eigenvalue weighted by Crippen LogP contribution is -2.54. The van der Waals surface area contributed by atoms with Crippen LogP contribution < -0.4 is 4.74 Å². The van der Waals surface area contributed by atoms with E-state index in [0.29, 0.717) is 19.8 Å². The normalized spacial score (nSPS) is 19.8. The highest BCUT2D eigenvalue weighted by molar-refractivity contribution is 5.85. The summed E-state index contributed by atoms with van der Waals surface area (Å²) in [6.07, 6.45) is 2.03. The van der Waals surface area contributed by atoms with Gasteiger partial charge in [0.1, 0.15) is 11.2 Å². The van der Waals surface area contributed by atoms with Gasteiger partial charge in [-0.1, -0.05) is 12.1 Å². The molecule has 19 heavy (non-hydrogen) atoms. The first-order valence-corrected chi connectivity index (χ1v) is 6.77. The van der Waals surface area contributed by atoms with Gasteiger partial charge in [-0.2, -0.15) is 0 Å². The Labute approximate surface area is 112 Å². The molecule has 1 fully saturated rings. The van der Waals surface area contributed by atoms with Gasteiger partial charge in [0.25, 0.3) is 0 Å². The van der Waals surface area contributed by atoms with Crippen LogP contribution in [0.4, 0.5) is 0 Å². The minimum atomic E-state index is -0.609. The lowest BCUT2D eigenvalue weighted by atomic mass is 9.77. The molecule has 1 aromatic rings. The molecule has 1 aromatic carbocycles. The second-order valence-electron chi connectivity index (χ2n) is 5.07. The number of rotatable bonds is 3. The van der Waals surface area contributed by atoms with Crippen LogP contribution in [0.2, 0.25) is 0 Å². The van der Waals surface area contributed by atoms with Gasteiger partial charge in [0.05, 0.1) is 26.4 Å². The van der Waals surface area contributed by atoms with Crippen LogP contribution in [0, 0.1) is 0 Å². The lowest BCUT2D eigenvalue weighted by molar-refractivity contribution is -0.169. The van der Waals surface area contributed by atoms with Crippen molar-refractivity contribution in [1.82, 2.24) is 0 Å². The summed E-state index contributed by atoms with van der Waals surface area (Å²) < 4.78 is 16.1. The van der Waals surface area contributed by atoms with Gasteiger partial charge < -0.3 is 14.2 Å². The van der Waals surface area contributed by atoms with E-state index in [-0.39, 0.29) is 5.97 Å². The summed E-state index contributed by atoms with van der Waals surface area (Å²) in [6, 6.07) is 6.00. The second kappa shape index (κ2) is 4.85. The van der Waals surface area contributed by atoms with Crippen molar-refractivity contribution in [1.29, 1.82) is 0 Å². The van der Waals surface area contributed by atoms with Crippen molar-refractivity contribution in [3.05, 3.63) is 29.3 Å². The zero-order chi connectivity index (χ0) is 13.3.